The van der Waals surface area contributed by atoms with Gasteiger partial charge in [-0.3, -0.25) is 0 Å². The molecule has 0 unspecified atom stereocenters. The Morgan fingerprint density at radius 3 is 2.89 bits per heavy atom. The maximum atomic E-state index is 8.25. The number of thiocyanates is 1. The SMILES string of the molecule is Cc1ccc(SC#N)s1. The fraction of sp³-hybridized carbons (Fsp3) is 0.167. The Hall–Kier alpha value is -0.460. The average Bonchev–Trinajstić information content (AvgIpc) is 2.17. The van der Waals surface area contributed by atoms with Gasteiger partial charge in [0.25, 0.3) is 0 Å². The van der Waals surface area contributed by atoms with Gasteiger partial charge in [-0.2, -0.15) is 5.26 Å². The average molecular weight is 155 g/mol. The highest BCUT2D eigenvalue weighted by Gasteiger charge is 1.93. The van der Waals surface area contributed by atoms with Crippen molar-refractivity contribution >= 4 is 23.1 Å². The van der Waals surface area contributed by atoms with Crippen LogP contribution in [0.3, 0.4) is 0 Å². The van der Waals surface area contributed by atoms with Gasteiger partial charge in [0.05, 0.1) is 4.21 Å². The molecule has 1 aromatic heterocycles. The van der Waals surface area contributed by atoms with Gasteiger partial charge in [0.1, 0.15) is 5.40 Å². The number of thioether (sulfide) groups is 1. The van der Waals surface area contributed by atoms with Crippen molar-refractivity contribution < 1.29 is 0 Å². The van der Waals surface area contributed by atoms with E-state index in [4.69, 9.17) is 5.26 Å². The molecule has 0 fully saturated rings. The van der Waals surface area contributed by atoms with Crippen LogP contribution in [0.5, 0.6) is 0 Å². The van der Waals surface area contributed by atoms with Crippen LogP contribution in [0.25, 0.3) is 0 Å². The number of thiophene rings is 1. The van der Waals surface area contributed by atoms with E-state index in [0.29, 0.717) is 0 Å². The van der Waals surface area contributed by atoms with Crippen molar-refractivity contribution in [2.24, 2.45) is 0 Å². The van der Waals surface area contributed by atoms with Crippen molar-refractivity contribution in [1.29, 1.82) is 5.26 Å². The van der Waals surface area contributed by atoms with Crippen LogP contribution in [0.15, 0.2) is 16.3 Å². The molecule has 1 heterocycles. The zero-order valence-electron chi connectivity index (χ0n) is 4.92. The molecule has 1 rings (SSSR count). The summed E-state index contributed by atoms with van der Waals surface area (Å²) in [5.74, 6) is 0. The van der Waals surface area contributed by atoms with E-state index < -0.39 is 0 Å². The van der Waals surface area contributed by atoms with Crippen molar-refractivity contribution in [2.45, 2.75) is 11.1 Å². The predicted octanol–water partition coefficient (Wildman–Crippen LogP) is 2.63. The second-order valence-electron chi connectivity index (χ2n) is 1.56. The molecule has 0 atom stereocenters. The maximum Gasteiger partial charge on any atom is 0.139 e. The monoisotopic (exact) mass is 155 g/mol. The zero-order valence-corrected chi connectivity index (χ0v) is 6.55. The van der Waals surface area contributed by atoms with E-state index in [1.807, 2.05) is 24.5 Å². The lowest BCUT2D eigenvalue weighted by molar-refractivity contribution is 1.56. The highest BCUT2D eigenvalue weighted by atomic mass is 32.2. The number of nitrogens with zero attached hydrogens (tertiary/aromatic N) is 1. The number of nitriles is 1. The summed E-state index contributed by atoms with van der Waals surface area (Å²) in [6.45, 7) is 2.03. The van der Waals surface area contributed by atoms with Crippen molar-refractivity contribution in [1.82, 2.24) is 0 Å². The molecule has 0 aliphatic heterocycles. The smallest absolute Gasteiger partial charge is 0.139 e. The molecular weight excluding hydrogens is 150 g/mol. The van der Waals surface area contributed by atoms with Crippen LogP contribution in [0.4, 0.5) is 0 Å². The second kappa shape index (κ2) is 2.90. The number of aryl methyl sites for hydroxylation is 1. The van der Waals surface area contributed by atoms with E-state index in [1.165, 1.54) is 16.6 Å². The van der Waals surface area contributed by atoms with Crippen molar-refractivity contribution in [3.05, 3.63) is 17.0 Å². The lowest BCUT2D eigenvalue weighted by Crippen LogP contribution is -1.46. The van der Waals surface area contributed by atoms with E-state index in [0.717, 1.165) is 4.21 Å². The molecule has 0 radical (unpaired) electrons. The summed E-state index contributed by atoms with van der Waals surface area (Å²) in [4.78, 5) is 1.26. The maximum absolute atomic E-state index is 8.25. The lowest BCUT2D eigenvalue weighted by Gasteiger charge is -1.77. The first-order valence-corrected chi connectivity index (χ1v) is 4.08. The summed E-state index contributed by atoms with van der Waals surface area (Å²) in [6.07, 6.45) is 0. The fourth-order valence-corrected chi connectivity index (χ4v) is 2.00. The topological polar surface area (TPSA) is 23.8 Å². The molecule has 0 aromatic carbocycles. The first kappa shape index (κ1) is 6.66. The highest BCUT2D eigenvalue weighted by Crippen LogP contribution is 2.25. The minimum atomic E-state index is 1.08. The van der Waals surface area contributed by atoms with Gasteiger partial charge in [-0.1, -0.05) is 0 Å². The molecule has 46 valence electrons. The van der Waals surface area contributed by atoms with Crippen LogP contribution in [0.2, 0.25) is 0 Å². The number of hydrogen-bond acceptors (Lipinski definition) is 3. The minimum Gasteiger partial charge on any atom is -0.185 e. The molecule has 0 N–H and O–H groups in total. The van der Waals surface area contributed by atoms with E-state index >= 15 is 0 Å². The third-order valence-corrected chi connectivity index (χ3v) is 2.59. The van der Waals surface area contributed by atoms with Gasteiger partial charge in [-0.05, 0) is 19.1 Å². The van der Waals surface area contributed by atoms with Crippen LogP contribution < -0.4 is 0 Å². The van der Waals surface area contributed by atoms with Gasteiger partial charge in [-0.25, -0.2) is 0 Å². The minimum absolute atomic E-state index is 1.08. The van der Waals surface area contributed by atoms with Gasteiger partial charge in [0, 0.05) is 16.6 Å². The summed E-state index contributed by atoms with van der Waals surface area (Å²) in [5.41, 5.74) is 0. The molecule has 0 amide bonds. The largest absolute Gasteiger partial charge is 0.185 e. The van der Waals surface area contributed by atoms with Gasteiger partial charge < -0.3 is 0 Å². The van der Waals surface area contributed by atoms with Gasteiger partial charge in [-0.15, -0.1) is 11.3 Å². The third-order valence-electron chi connectivity index (χ3n) is 0.862. The molecule has 9 heavy (non-hydrogen) atoms. The van der Waals surface area contributed by atoms with Gasteiger partial charge >= 0.3 is 0 Å². The number of hydrogen-bond donors (Lipinski definition) is 0. The van der Waals surface area contributed by atoms with E-state index in [1.54, 1.807) is 11.3 Å². The molecular formula is C6H5NS2. The molecule has 0 saturated carbocycles. The van der Waals surface area contributed by atoms with Crippen LogP contribution in [0.1, 0.15) is 4.88 Å². The molecule has 0 aliphatic carbocycles. The van der Waals surface area contributed by atoms with E-state index in [-0.39, 0.29) is 0 Å². The second-order valence-corrected chi connectivity index (χ2v) is 3.93. The first-order valence-electron chi connectivity index (χ1n) is 2.45. The third kappa shape index (κ3) is 1.74. The Morgan fingerprint density at radius 2 is 2.44 bits per heavy atom. The summed E-state index contributed by atoms with van der Waals surface area (Å²) in [5, 5.41) is 10.3. The quantitative estimate of drug-likeness (QED) is 0.460. The van der Waals surface area contributed by atoms with Crippen LogP contribution in [-0.2, 0) is 0 Å². The van der Waals surface area contributed by atoms with Crippen molar-refractivity contribution in [3.8, 4) is 5.40 Å². The Labute approximate surface area is 62.3 Å². The molecule has 1 aromatic rings. The summed E-state index contributed by atoms with van der Waals surface area (Å²) in [6, 6.07) is 3.98. The molecule has 3 heteroatoms. The highest BCUT2D eigenvalue weighted by molar-refractivity contribution is 8.05. The van der Waals surface area contributed by atoms with Crippen LogP contribution in [-0.4, -0.2) is 0 Å². The molecule has 1 nitrogen and oxygen atoms in total. The standard InChI is InChI=1S/C6H5NS2/c1-5-2-3-6(9-5)8-4-7/h2-3H,1H3. The Bertz CT molecular complexity index is 233. The molecule has 0 aliphatic rings. The Morgan fingerprint density at radius 1 is 1.67 bits per heavy atom. The van der Waals surface area contributed by atoms with Gasteiger partial charge in [0.15, 0.2) is 0 Å². The van der Waals surface area contributed by atoms with Gasteiger partial charge in [0.2, 0.25) is 0 Å². The van der Waals surface area contributed by atoms with Crippen molar-refractivity contribution in [2.75, 3.05) is 0 Å². The van der Waals surface area contributed by atoms with Crippen LogP contribution >= 0.6 is 23.1 Å². The Balaban J connectivity index is 2.76. The van der Waals surface area contributed by atoms with Crippen molar-refractivity contribution in [3.63, 3.8) is 0 Å². The summed E-state index contributed by atoms with van der Waals surface area (Å²) >= 11 is 2.87. The molecule has 0 spiro atoms. The number of rotatable bonds is 1. The van der Waals surface area contributed by atoms with Crippen LogP contribution in [0, 0.1) is 17.6 Å². The summed E-state index contributed by atoms with van der Waals surface area (Å²) < 4.78 is 1.08. The first-order chi connectivity index (χ1) is 4.33. The molecule has 0 saturated heterocycles. The predicted molar refractivity (Wildman–Crippen MR) is 40.5 cm³/mol. The summed E-state index contributed by atoms with van der Waals surface area (Å²) in [7, 11) is 0. The fourth-order valence-electron chi connectivity index (χ4n) is 0.512. The zero-order chi connectivity index (χ0) is 6.69. The van der Waals surface area contributed by atoms with E-state index in [9.17, 15) is 0 Å². The normalized spacial score (nSPS) is 8.89. The Kier molecular flexibility index (Phi) is 2.15. The molecule has 0 bridgehead atoms. The lowest BCUT2D eigenvalue weighted by atomic mass is 10.5. The van der Waals surface area contributed by atoms with E-state index in [2.05, 4.69) is 0 Å².